The number of aromatic amines is 1. The Morgan fingerprint density at radius 3 is 2.25 bits per heavy atom. The van der Waals surface area contributed by atoms with Crippen LogP contribution in [0.5, 0.6) is 0 Å². The van der Waals surface area contributed by atoms with Gasteiger partial charge < -0.3 is 29.1 Å². The van der Waals surface area contributed by atoms with Crippen LogP contribution in [0.1, 0.15) is 141 Å². The molecule has 2 fully saturated rings. The molecule has 2 saturated heterocycles. The van der Waals surface area contributed by atoms with Crippen molar-refractivity contribution in [2.45, 2.75) is 166 Å². The van der Waals surface area contributed by atoms with E-state index in [-0.39, 0.29) is 30.1 Å². The summed E-state index contributed by atoms with van der Waals surface area (Å²) in [5, 5.41) is 2.65. The molecule has 4 rings (SSSR count). The van der Waals surface area contributed by atoms with Crippen LogP contribution in [0.15, 0.2) is 32.8 Å². The molecule has 0 spiro atoms. The van der Waals surface area contributed by atoms with Crippen molar-refractivity contribution in [1.82, 2.24) is 19.1 Å². The normalized spacial score (nSPS) is 24.1. The molecule has 2 aromatic heterocycles. The van der Waals surface area contributed by atoms with Gasteiger partial charge in [0.1, 0.15) is 36.2 Å². The molecule has 0 radical (unpaired) electrons. The summed E-state index contributed by atoms with van der Waals surface area (Å²) in [6, 6.07) is 1.45. The highest BCUT2D eigenvalue weighted by Gasteiger charge is 2.56. The fraction of sp³-hybridized carbons (Fsp3) is 0.743. The minimum absolute atomic E-state index is 0.0696. The molecule has 0 aliphatic carbocycles. The Bertz CT molecular complexity index is 1690. The monoisotopic (exact) mass is 754 g/mol. The lowest BCUT2D eigenvalue weighted by Crippen LogP contribution is -2.54. The molecular formula is C35H54FN5O10P-. The van der Waals surface area contributed by atoms with Crippen molar-refractivity contribution in [3.05, 3.63) is 55.3 Å². The fourth-order valence-electron chi connectivity index (χ4n) is 7.10. The minimum atomic E-state index is -5.49. The molecule has 2 aromatic rings. The topological polar surface area (TPSA) is 207 Å². The van der Waals surface area contributed by atoms with E-state index in [0.29, 0.717) is 6.42 Å². The molecule has 4 heterocycles. The standard InChI is InChI=1S/C35H55FN5O10P/c1-4-5-6-7-8-9-10-11-12-13-14-15-16-17-28(42)37-27-20-21-40(33(44)38-27)29-19-18-26(49-29)35(3,51-52(46,47)48)31-25(36)22-30(50-31)41-23-24(2)32(43)39-34(41)45/h20-21,23,25-26,29-31H,4-19,22H2,1-3H3,(H,39,43,45)(H2,46,47,48)(H,37,38,42,44)/p-1. The highest BCUT2D eigenvalue weighted by Crippen LogP contribution is 2.50. The number of phosphoric acid groups is 1. The van der Waals surface area contributed by atoms with E-state index in [1.165, 1.54) is 90.1 Å². The Labute approximate surface area is 302 Å². The van der Waals surface area contributed by atoms with Crippen LogP contribution in [-0.4, -0.2) is 53.9 Å². The zero-order chi connectivity index (χ0) is 37.9. The van der Waals surface area contributed by atoms with E-state index in [9.17, 15) is 33.5 Å². The first-order chi connectivity index (χ1) is 24.7. The van der Waals surface area contributed by atoms with E-state index < -0.39 is 67.6 Å². The van der Waals surface area contributed by atoms with Crippen LogP contribution in [0.2, 0.25) is 0 Å². The smallest absolute Gasteiger partial charge is 0.351 e. The summed E-state index contributed by atoms with van der Waals surface area (Å²) in [6.07, 6.45) is 11.4. The molecule has 52 heavy (non-hydrogen) atoms. The maximum atomic E-state index is 15.6. The molecule has 7 unspecified atom stereocenters. The van der Waals surface area contributed by atoms with Crippen LogP contribution >= 0.6 is 7.82 Å². The van der Waals surface area contributed by atoms with E-state index in [4.69, 9.17) is 14.0 Å². The fourth-order valence-corrected chi connectivity index (χ4v) is 7.82. The first-order valence-electron chi connectivity index (χ1n) is 18.6. The number of aromatic nitrogens is 4. The lowest BCUT2D eigenvalue weighted by Gasteiger charge is -2.42. The minimum Gasteiger partial charge on any atom is -0.756 e. The van der Waals surface area contributed by atoms with Gasteiger partial charge in [0.15, 0.2) is 0 Å². The van der Waals surface area contributed by atoms with Crippen LogP contribution < -0.4 is 27.1 Å². The summed E-state index contributed by atoms with van der Waals surface area (Å²) in [4.78, 5) is 77.5. The number of carbonyl (C=O) groups excluding carboxylic acids is 1. The Morgan fingerprint density at radius 1 is 1.04 bits per heavy atom. The molecule has 0 bridgehead atoms. The van der Waals surface area contributed by atoms with Crippen LogP contribution in [0, 0.1) is 6.92 Å². The molecule has 292 valence electrons. The molecule has 2 aliphatic heterocycles. The van der Waals surface area contributed by atoms with E-state index in [0.717, 1.165) is 34.8 Å². The highest BCUT2D eigenvalue weighted by molar-refractivity contribution is 7.44. The molecule has 3 N–H and O–H groups in total. The maximum Gasteiger partial charge on any atom is 0.351 e. The lowest BCUT2D eigenvalue weighted by atomic mass is 9.88. The number of carbonyl (C=O) groups is 1. The third-order valence-corrected chi connectivity index (χ3v) is 10.6. The van der Waals surface area contributed by atoms with Gasteiger partial charge in [-0.05, 0) is 39.2 Å². The molecule has 0 aromatic carbocycles. The second kappa shape index (κ2) is 19.4. The van der Waals surface area contributed by atoms with E-state index in [1.807, 2.05) is 0 Å². The largest absolute Gasteiger partial charge is 0.756 e. The van der Waals surface area contributed by atoms with Crippen molar-refractivity contribution < 1.29 is 37.5 Å². The average molecular weight is 755 g/mol. The van der Waals surface area contributed by atoms with Gasteiger partial charge in [0.2, 0.25) is 5.91 Å². The number of halogens is 1. The third kappa shape index (κ3) is 11.7. The van der Waals surface area contributed by atoms with Crippen molar-refractivity contribution in [2.24, 2.45) is 0 Å². The Morgan fingerprint density at radius 2 is 1.65 bits per heavy atom. The number of alkyl halides is 1. The van der Waals surface area contributed by atoms with Gasteiger partial charge in [-0.1, -0.05) is 84.0 Å². The number of nitrogens with zero attached hydrogens (tertiary/aromatic N) is 3. The van der Waals surface area contributed by atoms with Gasteiger partial charge in [-0.25, -0.2) is 14.0 Å². The van der Waals surface area contributed by atoms with Gasteiger partial charge in [-0.2, -0.15) is 4.98 Å². The van der Waals surface area contributed by atoms with Crippen molar-refractivity contribution in [2.75, 3.05) is 5.32 Å². The Balaban J connectivity index is 1.27. The number of phosphoric ester groups is 1. The summed E-state index contributed by atoms with van der Waals surface area (Å²) < 4.78 is 46.7. The maximum absolute atomic E-state index is 15.6. The molecular weight excluding hydrogens is 700 g/mol. The van der Waals surface area contributed by atoms with Gasteiger partial charge in [-0.3, -0.25) is 28.3 Å². The zero-order valence-electron chi connectivity index (χ0n) is 30.4. The SMILES string of the molecule is CCCCCCCCCCCCCCCC(=O)Nc1ccn(C2CCC(C(C)(OP(=O)([O-])O)C3OC(n4cc(C)c(=O)[nH]c4=O)CC3F)O2)c(=O)n1. The number of hydrogen-bond donors (Lipinski definition) is 3. The number of H-pyrrole nitrogens is 1. The number of amides is 1. The second-order valence-electron chi connectivity index (χ2n) is 14.2. The number of aryl methyl sites for hydroxylation is 1. The van der Waals surface area contributed by atoms with Gasteiger partial charge in [-0.15, -0.1) is 0 Å². The summed E-state index contributed by atoms with van der Waals surface area (Å²) in [6.45, 7) is 4.89. The molecule has 0 saturated carbocycles. The molecule has 15 nitrogen and oxygen atoms in total. The number of anilines is 1. The summed E-state index contributed by atoms with van der Waals surface area (Å²) in [7, 11) is -5.49. The van der Waals surface area contributed by atoms with Crippen LogP contribution in [0.25, 0.3) is 0 Å². The molecule has 17 heteroatoms. The van der Waals surface area contributed by atoms with Crippen LogP contribution in [0.3, 0.4) is 0 Å². The Hall–Kier alpha value is -3.01. The van der Waals surface area contributed by atoms with Crippen LogP contribution in [-0.2, 0) is 23.4 Å². The van der Waals surface area contributed by atoms with E-state index >= 15 is 4.39 Å². The van der Waals surface area contributed by atoms with E-state index in [1.54, 1.807) is 0 Å². The van der Waals surface area contributed by atoms with Crippen LogP contribution in [0.4, 0.5) is 10.2 Å². The predicted octanol–water partition coefficient (Wildman–Crippen LogP) is 5.06. The summed E-state index contributed by atoms with van der Waals surface area (Å²) in [5.41, 5.74) is -4.17. The zero-order valence-corrected chi connectivity index (χ0v) is 31.3. The molecule has 2 aliphatic rings. The van der Waals surface area contributed by atoms with Gasteiger partial charge in [0, 0.05) is 30.8 Å². The first-order valence-corrected chi connectivity index (χ1v) is 20.1. The van der Waals surface area contributed by atoms with E-state index in [2.05, 4.69) is 22.2 Å². The number of hydrogen-bond acceptors (Lipinski definition) is 10. The first kappa shape index (κ1) is 41.7. The number of ether oxygens (including phenoxy) is 2. The lowest BCUT2D eigenvalue weighted by molar-refractivity contribution is -0.254. The summed E-state index contributed by atoms with van der Waals surface area (Å²) >= 11 is 0. The van der Waals surface area contributed by atoms with Crippen molar-refractivity contribution in [3.8, 4) is 0 Å². The average Bonchev–Trinajstić information content (AvgIpc) is 3.72. The van der Waals surface area contributed by atoms with Gasteiger partial charge in [0.25, 0.3) is 13.4 Å². The van der Waals surface area contributed by atoms with Crippen molar-refractivity contribution >= 4 is 19.5 Å². The highest BCUT2D eigenvalue weighted by atomic mass is 31.2. The van der Waals surface area contributed by atoms with Crippen molar-refractivity contribution in [1.29, 1.82) is 0 Å². The second-order valence-corrected chi connectivity index (χ2v) is 15.3. The van der Waals surface area contributed by atoms with Crippen molar-refractivity contribution in [3.63, 3.8) is 0 Å². The van der Waals surface area contributed by atoms with Gasteiger partial charge >= 0.3 is 11.4 Å². The number of unbranched alkanes of at least 4 members (excludes halogenated alkanes) is 12. The molecule has 1 amide bonds. The van der Waals surface area contributed by atoms with Gasteiger partial charge in [0.05, 0.1) is 6.10 Å². The Kier molecular flexibility index (Phi) is 15.5. The predicted molar refractivity (Wildman–Crippen MR) is 189 cm³/mol. The number of rotatable bonds is 21. The quantitative estimate of drug-likeness (QED) is 0.113. The molecule has 7 atom stereocenters. The third-order valence-electron chi connectivity index (χ3n) is 9.94. The number of nitrogens with one attached hydrogen (secondary N) is 2. The summed E-state index contributed by atoms with van der Waals surface area (Å²) in [5.74, 6) is -0.173.